The molecule has 0 aliphatic carbocycles. The number of aryl methyl sites for hydroxylation is 1. The molecular weight excluding hydrogens is 386 g/mol. The maximum absolute atomic E-state index is 12.7. The Bertz CT molecular complexity index is 1130. The van der Waals surface area contributed by atoms with Crippen molar-refractivity contribution in [2.45, 2.75) is 19.5 Å². The summed E-state index contributed by atoms with van der Waals surface area (Å²) in [4.78, 5) is 28.1. The summed E-state index contributed by atoms with van der Waals surface area (Å²) in [5.41, 5.74) is 2.49. The number of fused-ring (bicyclic) bond motifs is 2. The highest BCUT2D eigenvalue weighted by atomic mass is 16.7. The molecule has 156 valence electrons. The van der Waals surface area contributed by atoms with Gasteiger partial charge in [-0.15, -0.1) is 0 Å². The lowest BCUT2D eigenvalue weighted by molar-refractivity contribution is -0.917. The molecule has 3 aromatic rings. The molecule has 2 aromatic carbocycles. The number of nitrogens with one attached hydrogen (secondary N) is 1. The summed E-state index contributed by atoms with van der Waals surface area (Å²) in [7, 11) is 0. The van der Waals surface area contributed by atoms with Gasteiger partial charge in [0.1, 0.15) is 6.54 Å². The Morgan fingerprint density at radius 2 is 1.83 bits per heavy atom. The molecule has 0 saturated carbocycles. The summed E-state index contributed by atoms with van der Waals surface area (Å²) in [5.74, 6) is 1.27. The average Bonchev–Trinajstić information content (AvgIpc) is 3.35. The van der Waals surface area contributed by atoms with Crippen molar-refractivity contribution in [3.63, 3.8) is 0 Å². The molecule has 1 fully saturated rings. The fraction of sp³-hybridized carbons (Fsp3) is 0.364. The molecule has 2 aliphatic rings. The number of para-hydroxylation sites is 2. The van der Waals surface area contributed by atoms with Crippen molar-refractivity contribution in [3.05, 3.63) is 58.6 Å². The van der Waals surface area contributed by atoms with Crippen molar-refractivity contribution in [2.75, 3.05) is 33.0 Å². The number of oxazole rings is 1. The van der Waals surface area contributed by atoms with Crippen molar-refractivity contribution in [3.8, 4) is 11.5 Å². The summed E-state index contributed by atoms with van der Waals surface area (Å²) < 4.78 is 17.6. The molecule has 0 unspecified atom stereocenters. The Kier molecular flexibility index (Phi) is 4.92. The molecule has 0 radical (unpaired) electrons. The number of hydrogen-bond donors (Lipinski definition) is 1. The molecule has 1 aromatic heterocycles. The SMILES string of the molecule is O=C(CCn1c(=O)oc2ccccc21)N1CC[NH+](Cc2ccc3c(c2)OCO3)CC1. The van der Waals surface area contributed by atoms with E-state index in [1.54, 1.807) is 6.07 Å². The molecule has 1 saturated heterocycles. The van der Waals surface area contributed by atoms with Crippen LogP contribution in [-0.2, 0) is 17.9 Å². The predicted molar refractivity (Wildman–Crippen MR) is 109 cm³/mol. The quantitative estimate of drug-likeness (QED) is 0.668. The average molecular weight is 410 g/mol. The van der Waals surface area contributed by atoms with Crippen molar-refractivity contribution in [1.82, 2.24) is 9.47 Å². The number of nitrogens with zero attached hydrogens (tertiary/aromatic N) is 2. The van der Waals surface area contributed by atoms with Crippen LogP contribution in [0.2, 0.25) is 0 Å². The van der Waals surface area contributed by atoms with E-state index in [1.807, 2.05) is 35.2 Å². The number of amides is 1. The summed E-state index contributed by atoms with van der Waals surface area (Å²) >= 11 is 0. The lowest BCUT2D eigenvalue weighted by Gasteiger charge is -2.32. The second-order valence-corrected chi connectivity index (χ2v) is 7.73. The van der Waals surface area contributed by atoms with E-state index >= 15 is 0 Å². The van der Waals surface area contributed by atoms with Crippen LogP contribution < -0.4 is 20.1 Å². The van der Waals surface area contributed by atoms with Gasteiger partial charge in [-0.1, -0.05) is 12.1 Å². The topological polar surface area (TPSA) is 78.4 Å². The van der Waals surface area contributed by atoms with Crippen molar-refractivity contribution >= 4 is 17.0 Å². The second kappa shape index (κ2) is 7.87. The van der Waals surface area contributed by atoms with E-state index in [-0.39, 0.29) is 12.7 Å². The van der Waals surface area contributed by atoms with E-state index in [9.17, 15) is 9.59 Å². The van der Waals surface area contributed by atoms with Crippen LogP contribution in [0.4, 0.5) is 0 Å². The van der Waals surface area contributed by atoms with Crippen molar-refractivity contribution < 1.29 is 23.6 Å². The first kappa shape index (κ1) is 18.7. The molecule has 1 amide bonds. The van der Waals surface area contributed by atoms with Crippen LogP contribution in [0, 0.1) is 0 Å². The maximum Gasteiger partial charge on any atom is 0.419 e. The lowest BCUT2D eigenvalue weighted by atomic mass is 10.1. The van der Waals surface area contributed by atoms with Crippen LogP contribution >= 0.6 is 0 Å². The minimum absolute atomic E-state index is 0.0781. The Labute approximate surface area is 173 Å². The standard InChI is InChI=1S/C22H23N3O5/c26-21(7-8-25-17-3-1-2-4-18(17)30-22(25)27)24-11-9-23(10-12-24)14-16-5-6-19-20(13-16)29-15-28-19/h1-6,13H,7-12,14-15H2/p+1. The van der Waals surface area contributed by atoms with Crippen LogP contribution in [-0.4, -0.2) is 48.3 Å². The fourth-order valence-corrected chi connectivity index (χ4v) is 4.18. The van der Waals surface area contributed by atoms with Gasteiger partial charge in [0.25, 0.3) is 0 Å². The fourth-order valence-electron chi connectivity index (χ4n) is 4.18. The second-order valence-electron chi connectivity index (χ2n) is 7.73. The molecule has 1 N–H and O–H groups in total. The summed E-state index contributed by atoms with van der Waals surface area (Å²) in [6.07, 6.45) is 0.293. The smallest absolute Gasteiger partial charge is 0.419 e. The molecular formula is C22H24N3O5+. The van der Waals surface area contributed by atoms with Gasteiger partial charge in [0.05, 0.1) is 31.7 Å². The number of benzene rings is 2. The largest absolute Gasteiger partial charge is 0.454 e. The number of piperazine rings is 1. The van der Waals surface area contributed by atoms with Gasteiger partial charge in [0, 0.05) is 18.5 Å². The number of rotatable bonds is 5. The highest BCUT2D eigenvalue weighted by Gasteiger charge is 2.24. The monoisotopic (exact) mass is 410 g/mol. The van der Waals surface area contributed by atoms with Crippen LogP contribution in [0.25, 0.3) is 11.1 Å². The van der Waals surface area contributed by atoms with E-state index in [0.29, 0.717) is 18.5 Å². The molecule has 8 nitrogen and oxygen atoms in total. The third kappa shape index (κ3) is 3.66. The molecule has 8 heteroatoms. The van der Waals surface area contributed by atoms with Gasteiger partial charge in [-0.05, 0) is 30.3 Å². The van der Waals surface area contributed by atoms with E-state index in [1.165, 1.54) is 15.0 Å². The zero-order chi connectivity index (χ0) is 20.5. The maximum atomic E-state index is 12.7. The number of carbonyl (C=O) groups is 1. The summed E-state index contributed by atoms with van der Waals surface area (Å²) in [6, 6.07) is 13.4. The predicted octanol–water partition coefficient (Wildman–Crippen LogP) is 0.641. The van der Waals surface area contributed by atoms with E-state index in [2.05, 4.69) is 6.07 Å². The van der Waals surface area contributed by atoms with E-state index in [4.69, 9.17) is 13.9 Å². The number of carbonyl (C=O) groups excluding carboxylic acids is 1. The Balaban J connectivity index is 1.14. The molecule has 3 heterocycles. The number of aromatic nitrogens is 1. The van der Waals surface area contributed by atoms with Crippen LogP contribution in [0.3, 0.4) is 0 Å². The number of quaternary nitrogens is 1. The highest BCUT2D eigenvalue weighted by Crippen LogP contribution is 2.32. The molecule has 0 atom stereocenters. The van der Waals surface area contributed by atoms with Gasteiger partial charge in [-0.2, -0.15) is 0 Å². The minimum atomic E-state index is -0.415. The van der Waals surface area contributed by atoms with E-state index < -0.39 is 5.76 Å². The number of ether oxygens (including phenoxy) is 2. The van der Waals surface area contributed by atoms with Gasteiger partial charge < -0.3 is 23.7 Å². The van der Waals surface area contributed by atoms with Gasteiger partial charge in [-0.25, -0.2) is 4.79 Å². The van der Waals surface area contributed by atoms with Crippen molar-refractivity contribution in [1.29, 1.82) is 0 Å². The molecule has 5 rings (SSSR count). The first-order valence-corrected chi connectivity index (χ1v) is 10.3. The highest BCUT2D eigenvalue weighted by molar-refractivity contribution is 5.77. The Morgan fingerprint density at radius 1 is 1.03 bits per heavy atom. The molecule has 0 spiro atoms. The zero-order valence-corrected chi connectivity index (χ0v) is 16.6. The first-order valence-electron chi connectivity index (χ1n) is 10.3. The Morgan fingerprint density at radius 3 is 2.70 bits per heavy atom. The van der Waals surface area contributed by atoms with Crippen LogP contribution in [0.1, 0.15) is 12.0 Å². The normalized spacial score (nSPS) is 16.3. The van der Waals surface area contributed by atoms with Gasteiger partial charge in [0.15, 0.2) is 17.1 Å². The van der Waals surface area contributed by atoms with Gasteiger partial charge in [-0.3, -0.25) is 9.36 Å². The zero-order valence-electron chi connectivity index (χ0n) is 16.6. The van der Waals surface area contributed by atoms with Crippen LogP contribution in [0.15, 0.2) is 51.7 Å². The first-order chi connectivity index (χ1) is 14.7. The third-order valence-corrected chi connectivity index (χ3v) is 5.84. The van der Waals surface area contributed by atoms with Gasteiger partial charge >= 0.3 is 5.76 Å². The van der Waals surface area contributed by atoms with Crippen LogP contribution in [0.5, 0.6) is 11.5 Å². The van der Waals surface area contributed by atoms with E-state index in [0.717, 1.165) is 49.7 Å². The van der Waals surface area contributed by atoms with Gasteiger partial charge in [0.2, 0.25) is 12.7 Å². The summed E-state index contributed by atoms with van der Waals surface area (Å²) in [5, 5.41) is 0. The lowest BCUT2D eigenvalue weighted by Crippen LogP contribution is -3.13. The Hall–Kier alpha value is -3.26. The molecule has 2 aliphatic heterocycles. The molecule has 30 heavy (non-hydrogen) atoms. The third-order valence-electron chi connectivity index (χ3n) is 5.84. The summed E-state index contributed by atoms with van der Waals surface area (Å²) in [6.45, 7) is 4.75. The van der Waals surface area contributed by atoms with Crippen molar-refractivity contribution in [2.24, 2.45) is 0 Å². The number of hydrogen-bond acceptors (Lipinski definition) is 5. The minimum Gasteiger partial charge on any atom is -0.454 e. The molecule has 0 bridgehead atoms.